The van der Waals surface area contributed by atoms with E-state index in [9.17, 15) is 4.79 Å². The van der Waals surface area contributed by atoms with Crippen molar-refractivity contribution < 1.29 is 9.90 Å². The molecule has 0 bridgehead atoms. The van der Waals surface area contributed by atoms with E-state index in [1.54, 1.807) is 11.3 Å². The van der Waals surface area contributed by atoms with Crippen LogP contribution in [0.5, 0.6) is 0 Å². The van der Waals surface area contributed by atoms with Crippen LogP contribution in [0.25, 0.3) is 0 Å². The Hall–Kier alpha value is -0.580. The van der Waals surface area contributed by atoms with E-state index in [4.69, 9.17) is 16.7 Å². The number of carbonyl (C=O) groups is 1. The van der Waals surface area contributed by atoms with Gasteiger partial charge in [-0.15, -0.1) is 11.3 Å². The van der Waals surface area contributed by atoms with Gasteiger partial charge in [0.05, 0.1) is 10.8 Å². The molecule has 1 aliphatic rings. The molecule has 3 nitrogen and oxygen atoms in total. The minimum absolute atomic E-state index is 0.0294. The maximum Gasteiger partial charge on any atom is 0.303 e. The van der Waals surface area contributed by atoms with Crippen molar-refractivity contribution in [2.24, 2.45) is 5.41 Å². The molecular formula is C12H16ClNO2S. The Morgan fingerprint density at radius 1 is 1.59 bits per heavy atom. The van der Waals surface area contributed by atoms with Crippen molar-refractivity contribution >= 4 is 28.9 Å². The van der Waals surface area contributed by atoms with E-state index in [1.807, 2.05) is 19.2 Å². The molecule has 0 amide bonds. The number of aliphatic carboxylic acids is 1. The highest BCUT2D eigenvalue weighted by Gasteiger charge is 2.44. The predicted molar refractivity (Wildman–Crippen MR) is 69.6 cm³/mol. The Balaban J connectivity index is 1.85. The van der Waals surface area contributed by atoms with Crippen LogP contribution in [0.15, 0.2) is 12.1 Å². The summed E-state index contributed by atoms with van der Waals surface area (Å²) < 4.78 is 0.806. The number of nitrogens with zero attached hydrogens (tertiary/aromatic N) is 1. The molecule has 17 heavy (non-hydrogen) atoms. The van der Waals surface area contributed by atoms with Crippen molar-refractivity contribution in [3.05, 3.63) is 21.3 Å². The minimum Gasteiger partial charge on any atom is -0.481 e. The second kappa shape index (κ2) is 4.96. The van der Waals surface area contributed by atoms with Crippen LogP contribution < -0.4 is 0 Å². The predicted octanol–water partition coefficient (Wildman–Crippen LogP) is 3.09. The maximum atomic E-state index is 10.8. The first-order valence-electron chi connectivity index (χ1n) is 5.64. The Morgan fingerprint density at radius 2 is 2.29 bits per heavy atom. The van der Waals surface area contributed by atoms with Gasteiger partial charge in [-0.25, -0.2) is 0 Å². The van der Waals surface area contributed by atoms with Gasteiger partial charge in [0.15, 0.2) is 0 Å². The molecule has 0 unspecified atom stereocenters. The van der Waals surface area contributed by atoms with E-state index < -0.39 is 5.97 Å². The van der Waals surface area contributed by atoms with Crippen molar-refractivity contribution in [3.63, 3.8) is 0 Å². The second-order valence-electron chi connectivity index (χ2n) is 4.95. The summed E-state index contributed by atoms with van der Waals surface area (Å²) in [7, 11) is 2.04. The van der Waals surface area contributed by atoms with Crippen molar-refractivity contribution in [1.29, 1.82) is 0 Å². The first-order chi connectivity index (χ1) is 7.99. The zero-order chi connectivity index (χ0) is 12.5. The molecule has 0 radical (unpaired) electrons. The highest BCUT2D eigenvalue weighted by molar-refractivity contribution is 7.16. The van der Waals surface area contributed by atoms with Gasteiger partial charge in [0.1, 0.15) is 0 Å². The molecule has 94 valence electrons. The van der Waals surface area contributed by atoms with E-state index in [0.717, 1.165) is 30.3 Å². The van der Waals surface area contributed by atoms with Crippen LogP contribution in [0.4, 0.5) is 0 Å². The Kier molecular flexibility index (Phi) is 3.76. The van der Waals surface area contributed by atoms with Gasteiger partial charge >= 0.3 is 5.97 Å². The van der Waals surface area contributed by atoms with Gasteiger partial charge in [-0.1, -0.05) is 11.6 Å². The first kappa shape index (κ1) is 12.9. The van der Waals surface area contributed by atoms with Gasteiger partial charge in [0.25, 0.3) is 0 Å². The van der Waals surface area contributed by atoms with Gasteiger partial charge in [0, 0.05) is 18.0 Å². The summed E-state index contributed by atoms with van der Waals surface area (Å²) in [6, 6.07) is 3.93. The number of halogens is 1. The third-order valence-electron chi connectivity index (χ3n) is 3.14. The maximum absolute atomic E-state index is 10.8. The third kappa shape index (κ3) is 3.69. The minimum atomic E-state index is -0.685. The lowest BCUT2D eigenvalue weighted by Gasteiger charge is -2.21. The van der Waals surface area contributed by atoms with Crippen molar-refractivity contribution in [1.82, 2.24) is 4.90 Å². The van der Waals surface area contributed by atoms with E-state index >= 15 is 0 Å². The Morgan fingerprint density at radius 3 is 2.76 bits per heavy atom. The van der Waals surface area contributed by atoms with Crippen molar-refractivity contribution in [2.45, 2.75) is 25.8 Å². The number of hydrogen-bond acceptors (Lipinski definition) is 3. The molecule has 1 fully saturated rings. The van der Waals surface area contributed by atoms with Gasteiger partial charge in [-0.05, 0) is 37.4 Å². The van der Waals surface area contributed by atoms with E-state index in [0.29, 0.717) is 6.42 Å². The second-order valence-corrected chi connectivity index (χ2v) is 6.75. The summed E-state index contributed by atoms with van der Waals surface area (Å²) in [5, 5.41) is 8.86. The smallest absolute Gasteiger partial charge is 0.303 e. The molecule has 0 spiro atoms. The van der Waals surface area contributed by atoms with Crippen LogP contribution in [-0.4, -0.2) is 29.6 Å². The van der Waals surface area contributed by atoms with Crippen molar-refractivity contribution in [3.8, 4) is 0 Å². The van der Waals surface area contributed by atoms with Crippen LogP contribution in [0, 0.1) is 5.41 Å². The van der Waals surface area contributed by atoms with Crippen molar-refractivity contribution in [2.75, 3.05) is 13.6 Å². The summed E-state index contributed by atoms with van der Waals surface area (Å²) in [5.41, 5.74) is 0.0294. The SMILES string of the molecule is CN(Cc1ccc(Cl)s1)CC1(CC(=O)O)CC1. The molecule has 0 aromatic carbocycles. The summed E-state index contributed by atoms with van der Waals surface area (Å²) in [4.78, 5) is 14.2. The van der Waals surface area contributed by atoms with Crippen LogP contribution in [0.1, 0.15) is 24.1 Å². The monoisotopic (exact) mass is 273 g/mol. The lowest BCUT2D eigenvalue weighted by Crippen LogP contribution is -2.27. The van der Waals surface area contributed by atoms with Crippen LogP contribution in [-0.2, 0) is 11.3 Å². The van der Waals surface area contributed by atoms with E-state index in [2.05, 4.69) is 4.90 Å². The highest BCUT2D eigenvalue weighted by Crippen LogP contribution is 2.49. The quantitative estimate of drug-likeness (QED) is 0.866. The fraction of sp³-hybridized carbons (Fsp3) is 0.583. The summed E-state index contributed by atoms with van der Waals surface area (Å²) in [5.74, 6) is -0.685. The Labute approximate surface area is 110 Å². The number of carboxylic acids is 1. The molecule has 2 rings (SSSR count). The lowest BCUT2D eigenvalue weighted by molar-refractivity contribution is -0.138. The van der Waals surface area contributed by atoms with Gasteiger partial charge in [-0.3, -0.25) is 4.79 Å². The summed E-state index contributed by atoms with van der Waals surface area (Å²) in [6.07, 6.45) is 2.37. The fourth-order valence-corrected chi connectivity index (χ4v) is 3.39. The summed E-state index contributed by atoms with van der Waals surface area (Å²) >= 11 is 7.46. The van der Waals surface area contributed by atoms with E-state index in [-0.39, 0.29) is 5.41 Å². The molecule has 1 aliphatic carbocycles. The zero-order valence-electron chi connectivity index (χ0n) is 9.78. The third-order valence-corrected chi connectivity index (χ3v) is 4.36. The molecule has 1 aromatic heterocycles. The largest absolute Gasteiger partial charge is 0.481 e. The first-order valence-corrected chi connectivity index (χ1v) is 6.83. The van der Waals surface area contributed by atoms with Gasteiger partial charge < -0.3 is 10.0 Å². The van der Waals surface area contributed by atoms with Gasteiger partial charge in [-0.2, -0.15) is 0 Å². The number of thiophene rings is 1. The van der Waals surface area contributed by atoms with Crippen LogP contribution >= 0.6 is 22.9 Å². The number of hydrogen-bond donors (Lipinski definition) is 1. The molecule has 0 saturated heterocycles. The zero-order valence-corrected chi connectivity index (χ0v) is 11.4. The number of carboxylic acid groups (broad SMARTS) is 1. The standard InChI is InChI=1S/C12H16ClNO2S/c1-14(7-9-2-3-10(13)17-9)8-12(4-5-12)6-11(15)16/h2-3H,4-8H2,1H3,(H,15,16). The molecule has 0 atom stereocenters. The average molecular weight is 274 g/mol. The van der Waals surface area contributed by atoms with Crippen LogP contribution in [0.2, 0.25) is 4.34 Å². The fourth-order valence-electron chi connectivity index (χ4n) is 2.22. The van der Waals surface area contributed by atoms with E-state index in [1.165, 1.54) is 4.88 Å². The highest BCUT2D eigenvalue weighted by atomic mass is 35.5. The Bertz CT molecular complexity index is 414. The molecule has 0 aliphatic heterocycles. The average Bonchev–Trinajstić information content (AvgIpc) is 2.80. The number of rotatable bonds is 6. The molecule has 1 saturated carbocycles. The van der Waals surface area contributed by atoms with Gasteiger partial charge in [0.2, 0.25) is 0 Å². The normalized spacial score (nSPS) is 17.4. The summed E-state index contributed by atoms with van der Waals surface area (Å²) in [6.45, 7) is 1.70. The molecule has 1 N–H and O–H groups in total. The molecular weight excluding hydrogens is 258 g/mol. The molecule has 5 heteroatoms. The van der Waals surface area contributed by atoms with Crippen LogP contribution in [0.3, 0.4) is 0 Å². The topological polar surface area (TPSA) is 40.5 Å². The molecule has 1 heterocycles. The molecule has 1 aromatic rings. The lowest BCUT2D eigenvalue weighted by atomic mass is 10.0.